The van der Waals surface area contributed by atoms with Crippen LogP contribution >= 0.6 is 0 Å². The molecule has 0 radical (unpaired) electrons. The number of hydrazine groups is 1. The van der Waals surface area contributed by atoms with Crippen molar-refractivity contribution >= 4 is 5.91 Å². The van der Waals surface area contributed by atoms with E-state index in [9.17, 15) is 4.79 Å². The van der Waals surface area contributed by atoms with Crippen LogP contribution in [0.15, 0.2) is 6.20 Å². The van der Waals surface area contributed by atoms with E-state index < -0.39 is 0 Å². The largest absolute Gasteiger partial charge is 0.352 e. The van der Waals surface area contributed by atoms with Crippen LogP contribution < -0.4 is 21.5 Å². The van der Waals surface area contributed by atoms with Gasteiger partial charge < -0.3 is 10.6 Å². The van der Waals surface area contributed by atoms with E-state index in [1.165, 1.54) is 16.7 Å². The molecule has 2 unspecified atom stereocenters. The Hall–Kier alpha value is -1.50. The lowest BCUT2D eigenvalue weighted by Gasteiger charge is -2.22. The summed E-state index contributed by atoms with van der Waals surface area (Å²) in [7, 11) is 0. The lowest BCUT2D eigenvalue weighted by Crippen LogP contribution is -2.30. The van der Waals surface area contributed by atoms with Crippen molar-refractivity contribution in [2.24, 2.45) is 5.92 Å². The van der Waals surface area contributed by atoms with Crippen molar-refractivity contribution < 1.29 is 4.79 Å². The fourth-order valence-corrected chi connectivity index (χ4v) is 3.86. The zero-order valence-electron chi connectivity index (χ0n) is 14.9. The zero-order valence-corrected chi connectivity index (χ0v) is 14.9. The molecule has 1 saturated heterocycles. The highest BCUT2D eigenvalue weighted by Crippen LogP contribution is 2.21. The number of nitrogens with one attached hydrogen (secondary N) is 4. The predicted octanol–water partition coefficient (Wildman–Crippen LogP) is 0.933. The minimum Gasteiger partial charge on any atom is -0.352 e. The molecule has 0 saturated carbocycles. The lowest BCUT2D eigenvalue weighted by molar-refractivity contribution is -0.121. The summed E-state index contributed by atoms with van der Waals surface area (Å²) >= 11 is 0. The summed E-state index contributed by atoms with van der Waals surface area (Å²) in [6, 6.07) is 0.820. The predicted molar refractivity (Wildman–Crippen MR) is 94.2 cm³/mol. The number of rotatable bonds is 5. The average molecular weight is 331 g/mol. The van der Waals surface area contributed by atoms with Gasteiger partial charge in [0.25, 0.3) is 0 Å². The number of pyridine rings is 1. The minimum atomic E-state index is 0.132. The summed E-state index contributed by atoms with van der Waals surface area (Å²) in [5.41, 5.74) is 11.4. The van der Waals surface area contributed by atoms with E-state index in [1.807, 2.05) is 13.1 Å². The van der Waals surface area contributed by atoms with Gasteiger partial charge >= 0.3 is 0 Å². The van der Waals surface area contributed by atoms with E-state index >= 15 is 0 Å². The number of hydrogen-bond donors (Lipinski definition) is 4. The molecule has 0 bridgehead atoms. The Labute approximate surface area is 144 Å². The number of hydrogen-bond acceptors (Lipinski definition) is 5. The molecular weight excluding hydrogens is 302 g/mol. The maximum absolute atomic E-state index is 12.3. The Balaban J connectivity index is 1.55. The van der Waals surface area contributed by atoms with Gasteiger partial charge in [0.1, 0.15) is 0 Å². The van der Waals surface area contributed by atoms with Gasteiger partial charge in [-0.2, -0.15) is 0 Å². The van der Waals surface area contributed by atoms with Gasteiger partial charge in [0, 0.05) is 43.5 Å². The molecule has 1 aromatic rings. The summed E-state index contributed by atoms with van der Waals surface area (Å²) in [6.07, 6.45) is 4.46. The molecule has 6 nitrogen and oxygen atoms in total. The van der Waals surface area contributed by atoms with Gasteiger partial charge in [0.15, 0.2) is 0 Å². The molecule has 4 N–H and O–H groups in total. The second-order valence-electron chi connectivity index (χ2n) is 7.10. The van der Waals surface area contributed by atoms with Crippen LogP contribution in [-0.2, 0) is 24.3 Å². The van der Waals surface area contributed by atoms with Crippen LogP contribution in [0, 0.1) is 12.8 Å². The SMILES string of the molecule is Cc1ncc2c(c1CNC(=O)CCC1C(C)NNC1C)CCNC2. The highest BCUT2D eigenvalue weighted by Gasteiger charge is 2.29. The van der Waals surface area contributed by atoms with E-state index in [0.717, 1.165) is 31.6 Å². The monoisotopic (exact) mass is 331 g/mol. The maximum atomic E-state index is 12.3. The summed E-state index contributed by atoms with van der Waals surface area (Å²) in [6.45, 7) is 8.82. The summed E-state index contributed by atoms with van der Waals surface area (Å²) in [5, 5.41) is 6.48. The molecule has 2 aliphatic heterocycles. The first-order valence-corrected chi connectivity index (χ1v) is 9.01. The van der Waals surface area contributed by atoms with Gasteiger partial charge in [0.05, 0.1) is 0 Å². The molecule has 24 heavy (non-hydrogen) atoms. The summed E-state index contributed by atoms with van der Waals surface area (Å²) < 4.78 is 0. The number of amides is 1. The Morgan fingerprint density at radius 1 is 1.33 bits per heavy atom. The normalized spacial score (nSPS) is 26.2. The third-order valence-electron chi connectivity index (χ3n) is 5.46. The van der Waals surface area contributed by atoms with Crippen molar-refractivity contribution in [2.45, 2.75) is 65.2 Å². The van der Waals surface area contributed by atoms with Crippen LogP contribution in [0.4, 0.5) is 0 Å². The van der Waals surface area contributed by atoms with E-state index in [0.29, 0.717) is 31.0 Å². The molecule has 2 atom stereocenters. The van der Waals surface area contributed by atoms with Crippen LogP contribution in [0.3, 0.4) is 0 Å². The molecule has 3 rings (SSSR count). The van der Waals surface area contributed by atoms with Gasteiger partial charge in [-0.05, 0) is 62.8 Å². The average Bonchev–Trinajstić information content (AvgIpc) is 2.90. The second-order valence-corrected chi connectivity index (χ2v) is 7.10. The van der Waals surface area contributed by atoms with E-state index in [-0.39, 0.29) is 5.91 Å². The quantitative estimate of drug-likeness (QED) is 0.646. The van der Waals surface area contributed by atoms with Gasteiger partial charge in [-0.1, -0.05) is 0 Å². The van der Waals surface area contributed by atoms with Crippen molar-refractivity contribution in [3.05, 3.63) is 28.6 Å². The maximum Gasteiger partial charge on any atom is 0.220 e. The van der Waals surface area contributed by atoms with Crippen molar-refractivity contribution in [3.8, 4) is 0 Å². The van der Waals surface area contributed by atoms with Gasteiger partial charge in [0.2, 0.25) is 5.91 Å². The standard InChI is InChI=1S/C18H29N5O/c1-11-17(16-6-7-19-8-14(16)9-20-11)10-21-18(24)5-4-15-12(2)22-23-13(15)3/h9,12-13,15,19,22-23H,4-8,10H2,1-3H3,(H,21,24). The van der Waals surface area contributed by atoms with E-state index in [2.05, 4.69) is 40.3 Å². The minimum absolute atomic E-state index is 0.132. The van der Waals surface area contributed by atoms with Gasteiger partial charge in [-0.15, -0.1) is 0 Å². The third kappa shape index (κ3) is 3.77. The highest BCUT2D eigenvalue weighted by atomic mass is 16.1. The number of carbonyl (C=O) groups is 1. The molecule has 1 amide bonds. The van der Waals surface area contributed by atoms with Crippen molar-refractivity contribution in [1.29, 1.82) is 0 Å². The summed E-state index contributed by atoms with van der Waals surface area (Å²) in [4.78, 5) is 16.8. The smallest absolute Gasteiger partial charge is 0.220 e. The summed E-state index contributed by atoms with van der Waals surface area (Å²) in [5.74, 6) is 0.627. The molecular formula is C18H29N5O. The van der Waals surface area contributed by atoms with Crippen LogP contribution in [0.1, 0.15) is 49.1 Å². The number of carbonyl (C=O) groups excluding carboxylic acids is 1. The van der Waals surface area contributed by atoms with Crippen molar-refractivity contribution in [3.63, 3.8) is 0 Å². The molecule has 2 aliphatic rings. The Bertz CT molecular complexity index is 593. The van der Waals surface area contributed by atoms with Gasteiger partial charge in [-0.3, -0.25) is 20.6 Å². The first-order valence-electron chi connectivity index (χ1n) is 9.01. The number of nitrogens with zero attached hydrogens (tertiary/aromatic N) is 1. The van der Waals surface area contributed by atoms with E-state index in [1.54, 1.807) is 0 Å². The van der Waals surface area contributed by atoms with Crippen LogP contribution in [0.25, 0.3) is 0 Å². The number of fused-ring (bicyclic) bond motifs is 1. The van der Waals surface area contributed by atoms with E-state index in [4.69, 9.17) is 0 Å². The fourth-order valence-electron chi connectivity index (χ4n) is 3.86. The Morgan fingerprint density at radius 3 is 2.83 bits per heavy atom. The lowest BCUT2D eigenvalue weighted by atomic mass is 9.91. The molecule has 1 aromatic heterocycles. The van der Waals surface area contributed by atoms with Crippen LogP contribution in [-0.4, -0.2) is 29.5 Å². The molecule has 3 heterocycles. The Kier molecular flexibility index (Phi) is 5.48. The van der Waals surface area contributed by atoms with Gasteiger partial charge in [-0.25, -0.2) is 0 Å². The van der Waals surface area contributed by atoms with Crippen LogP contribution in [0.2, 0.25) is 0 Å². The Morgan fingerprint density at radius 2 is 2.08 bits per heavy atom. The fraction of sp³-hybridized carbons (Fsp3) is 0.667. The first kappa shape index (κ1) is 17.3. The molecule has 0 spiro atoms. The molecule has 1 fully saturated rings. The molecule has 6 heteroatoms. The zero-order chi connectivity index (χ0) is 17.1. The molecule has 0 aliphatic carbocycles. The molecule has 0 aromatic carbocycles. The topological polar surface area (TPSA) is 78.1 Å². The number of aromatic nitrogens is 1. The van der Waals surface area contributed by atoms with Crippen molar-refractivity contribution in [1.82, 2.24) is 26.5 Å². The molecule has 132 valence electrons. The highest BCUT2D eigenvalue weighted by molar-refractivity contribution is 5.76. The second kappa shape index (κ2) is 7.59. The first-order chi connectivity index (χ1) is 11.6. The van der Waals surface area contributed by atoms with Crippen LogP contribution in [0.5, 0.6) is 0 Å². The third-order valence-corrected chi connectivity index (χ3v) is 5.46. The van der Waals surface area contributed by atoms with Crippen molar-refractivity contribution in [2.75, 3.05) is 6.54 Å². The number of aryl methyl sites for hydroxylation is 1.